The Morgan fingerprint density at radius 3 is 1.06 bits per heavy atom. The molecule has 0 aliphatic rings. The van der Waals surface area contributed by atoms with Crippen LogP contribution in [0.5, 0.6) is 0 Å². The lowest BCUT2D eigenvalue weighted by Gasteiger charge is -2.03. The lowest BCUT2D eigenvalue weighted by Crippen LogP contribution is -2.21. The van der Waals surface area contributed by atoms with Gasteiger partial charge in [0.05, 0.1) is 0 Å². The lowest BCUT2D eigenvalue weighted by molar-refractivity contribution is -0.307. The molecule has 104 valence electrons. The number of unbranched alkanes of at least 4 members (excludes halogenated alkanes) is 6. The highest BCUT2D eigenvalue weighted by atomic mass is 16.4. The lowest BCUT2D eigenvalue weighted by atomic mass is 10.1. The van der Waals surface area contributed by atoms with Crippen molar-refractivity contribution in [3.05, 3.63) is 0 Å². The van der Waals surface area contributed by atoms with Crippen molar-refractivity contribution in [2.75, 3.05) is 0 Å². The van der Waals surface area contributed by atoms with E-state index < -0.39 is 11.9 Å². The molecule has 0 amide bonds. The molecule has 0 aromatic carbocycles. The highest BCUT2D eigenvalue weighted by Gasteiger charge is 1.93. The molecule has 0 rings (SSSR count). The Morgan fingerprint density at radius 2 is 0.824 bits per heavy atom. The van der Waals surface area contributed by atoms with Gasteiger partial charge in [0.2, 0.25) is 0 Å². The first-order valence-corrected chi connectivity index (χ1v) is 5.52. The average molecular weight is 250 g/mol. The summed E-state index contributed by atoms with van der Waals surface area (Å²) in [4.78, 5) is 20.1. The zero-order valence-corrected chi connectivity index (χ0v) is 11.0. The number of rotatable bonds is 10. The second kappa shape index (κ2) is 14.9. The van der Waals surface area contributed by atoms with E-state index in [1.807, 2.05) is 0 Å². The van der Waals surface area contributed by atoms with E-state index in [2.05, 4.69) is 0 Å². The van der Waals surface area contributed by atoms with E-state index >= 15 is 0 Å². The Hall–Kier alpha value is -1.14. The molecule has 0 spiro atoms. The molecule has 0 aliphatic carbocycles. The van der Waals surface area contributed by atoms with Gasteiger partial charge in [0.1, 0.15) is 0 Å². The fraction of sp³-hybridized carbons (Fsp3) is 0.818. The smallest absolute Gasteiger partial charge is 0.0414 e. The molecule has 0 heterocycles. The second-order valence-corrected chi connectivity index (χ2v) is 3.72. The van der Waals surface area contributed by atoms with Crippen LogP contribution in [-0.4, -0.2) is 11.9 Å². The van der Waals surface area contributed by atoms with E-state index in [1.54, 1.807) is 0 Å². The first kappa shape index (κ1) is 21.2. The van der Waals surface area contributed by atoms with Crippen LogP contribution in [0.4, 0.5) is 0 Å². The fourth-order valence-corrected chi connectivity index (χ4v) is 1.42. The van der Waals surface area contributed by atoms with Crippen molar-refractivity contribution in [3.63, 3.8) is 0 Å². The van der Waals surface area contributed by atoms with Gasteiger partial charge in [-0.25, -0.2) is 0 Å². The summed E-state index contributed by atoms with van der Waals surface area (Å²) in [6.07, 6.45) is 6.54. The Bertz CT molecular complexity index is 178. The molecule has 0 aliphatic heterocycles. The van der Waals surface area contributed by atoms with Gasteiger partial charge in [-0.1, -0.05) is 32.1 Å². The quantitative estimate of drug-likeness (QED) is 0.549. The molecule has 0 saturated carbocycles. The van der Waals surface area contributed by atoms with Crippen molar-refractivity contribution in [3.8, 4) is 0 Å². The van der Waals surface area contributed by atoms with E-state index in [0.717, 1.165) is 32.1 Å². The third-order valence-corrected chi connectivity index (χ3v) is 2.26. The minimum atomic E-state index is -0.982. The summed E-state index contributed by atoms with van der Waals surface area (Å²) in [7, 11) is 0. The highest BCUT2D eigenvalue weighted by Crippen LogP contribution is 2.09. The number of quaternary nitrogens is 2. The highest BCUT2D eigenvalue weighted by molar-refractivity contribution is 5.64. The van der Waals surface area contributed by atoms with Crippen molar-refractivity contribution in [2.24, 2.45) is 0 Å². The van der Waals surface area contributed by atoms with Gasteiger partial charge < -0.3 is 32.1 Å². The van der Waals surface area contributed by atoms with Crippen LogP contribution >= 0.6 is 0 Å². The number of carbonyl (C=O) groups excluding carboxylic acids is 2. The third-order valence-electron chi connectivity index (χ3n) is 2.26. The second-order valence-electron chi connectivity index (χ2n) is 3.72. The maximum absolute atomic E-state index is 10.1. The molecule has 8 N–H and O–H groups in total. The molecule has 6 heteroatoms. The largest absolute Gasteiger partial charge is 0.550 e. The van der Waals surface area contributed by atoms with Gasteiger partial charge in [-0.15, -0.1) is 0 Å². The standard InChI is InChI=1S/C11H20O4.2H3N/c12-10(13)8-6-4-2-1-3-5-7-9-11(14)15;;/h1-9H2,(H,12,13)(H,14,15);2*1H3. The van der Waals surface area contributed by atoms with Crippen LogP contribution in [0.1, 0.15) is 57.8 Å². The molecule has 0 unspecified atom stereocenters. The number of hydrogen-bond acceptors (Lipinski definition) is 4. The van der Waals surface area contributed by atoms with Gasteiger partial charge in [-0.05, 0) is 25.7 Å². The monoisotopic (exact) mass is 250 g/mol. The Morgan fingerprint density at radius 1 is 0.588 bits per heavy atom. The van der Waals surface area contributed by atoms with Crippen LogP contribution in [0.15, 0.2) is 0 Å². The maximum Gasteiger partial charge on any atom is 0.0414 e. The fourth-order valence-electron chi connectivity index (χ4n) is 1.42. The molecule has 0 aromatic rings. The topological polar surface area (TPSA) is 153 Å². The zero-order valence-electron chi connectivity index (χ0n) is 11.0. The van der Waals surface area contributed by atoms with Gasteiger partial charge in [-0.2, -0.15) is 0 Å². The predicted octanol–water partition coefficient (Wildman–Crippen LogP) is 0.750. The van der Waals surface area contributed by atoms with Crippen molar-refractivity contribution in [1.82, 2.24) is 12.3 Å². The minimum absolute atomic E-state index is 0. The van der Waals surface area contributed by atoms with E-state index in [0.29, 0.717) is 12.8 Å². The van der Waals surface area contributed by atoms with Gasteiger partial charge in [0.15, 0.2) is 0 Å². The van der Waals surface area contributed by atoms with Crippen LogP contribution in [-0.2, 0) is 9.59 Å². The van der Waals surface area contributed by atoms with Gasteiger partial charge in [0.25, 0.3) is 0 Å². The summed E-state index contributed by atoms with van der Waals surface area (Å²) in [5.41, 5.74) is 0. The molecule has 0 aromatic heterocycles. The molecular formula is C11H26N2O4. The molecule has 0 atom stereocenters. The van der Waals surface area contributed by atoms with E-state index in [1.165, 1.54) is 0 Å². The molecule has 0 fully saturated rings. The first-order chi connectivity index (χ1) is 7.13. The number of carboxylic acid groups (broad SMARTS) is 2. The molecule has 0 bridgehead atoms. The zero-order chi connectivity index (χ0) is 11.5. The van der Waals surface area contributed by atoms with Crippen LogP contribution < -0.4 is 22.5 Å². The Kier molecular flexibility index (Phi) is 18.5. The first-order valence-electron chi connectivity index (χ1n) is 5.52. The maximum atomic E-state index is 10.1. The number of carboxylic acids is 2. The van der Waals surface area contributed by atoms with Gasteiger partial charge in [-0.3, -0.25) is 0 Å². The SMILES string of the molecule is O=C([O-])CCCCCCCCCC(=O)[O-].[NH4+].[NH4+]. The summed E-state index contributed by atoms with van der Waals surface area (Å²) in [5.74, 6) is -1.96. The normalized spacial score (nSPS) is 8.94. The minimum Gasteiger partial charge on any atom is -0.550 e. The molecular weight excluding hydrogens is 224 g/mol. The number of carbonyl (C=O) groups is 2. The van der Waals surface area contributed by atoms with Crippen molar-refractivity contribution >= 4 is 11.9 Å². The van der Waals surface area contributed by atoms with Crippen molar-refractivity contribution in [1.29, 1.82) is 0 Å². The van der Waals surface area contributed by atoms with Gasteiger partial charge >= 0.3 is 0 Å². The van der Waals surface area contributed by atoms with Crippen LogP contribution in [0.2, 0.25) is 0 Å². The summed E-state index contributed by atoms with van der Waals surface area (Å²) in [6.45, 7) is 0. The Balaban J connectivity index is -0.000000980. The van der Waals surface area contributed by atoms with Crippen LogP contribution in [0.25, 0.3) is 0 Å². The van der Waals surface area contributed by atoms with E-state index in [9.17, 15) is 19.8 Å². The Labute approximate surface area is 103 Å². The summed E-state index contributed by atoms with van der Waals surface area (Å²) >= 11 is 0. The number of hydrogen-bond donors (Lipinski definition) is 2. The summed E-state index contributed by atoms with van der Waals surface area (Å²) < 4.78 is 0. The summed E-state index contributed by atoms with van der Waals surface area (Å²) in [6, 6.07) is 0. The average Bonchev–Trinajstić information content (AvgIpc) is 2.14. The van der Waals surface area contributed by atoms with Crippen molar-refractivity contribution in [2.45, 2.75) is 57.8 Å². The van der Waals surface area contributed by atoms with Gasteiger partial charge in [0, 0.05) is 11.9 Å². The summed E-state index contributed by atoms with van der Waals surface area (Å²) in [5, 5.41) is 20.1. The predicted molar refractivity (Wildman–Crippen MR) is 63.5 cm³/mol. The van der Waals surface area contributed by atoms with Crippen molar-refractivity contribution < 1.29 is 19.8 Å². The molecule has 6 nitrogen and oxygen atoms in total. The van der Waals surface area contributed by atoms with Crippen LogP contribution in [0, 0.1) is 0 Å². The van der Waals surface area contributed by atoms with E-state index in [4.69, 9.17) is 0 Å². The van der Waals surface area contributed by atoms with Crippen LogP contribution in [0.3, 0.4) is 0 Å². The molecule has 0 radical (unpaired) electrons. The molecule has 0 saturated heterocycles. The number of aliphatic carboxylic acids is 2. The van der Waals surface area contributed by atoms with E-state index in [-0.39, 0.29) is 25.1 Å². The molecule has 17 heavy (non-hydrogen) atoms. The third kappa shape index (κ3) is 20.8.